The number of phenolic OH excluding ortho intramolecular Hbond substituents is 1. The molecule has 0 atom stereocenters. The van der Waals surface area contributed by atoms with Crippen molar-refractivity contribution < 1.29 is 5.11 Å². The van der Waals surface area contributed by atoms with Gasteiger partial charge >= 0.3 is 0 Å². The summed E-state index contributed by atoms with van der Waals surface area (Å²) in [5.41, 5.74) is 0.724. The number of nitrogens with zero attached hydrogens (tertiary/aromatic N) is 1. The van der Waals surface area contributed by atoms with E-state index in [4.69, 9.17) is 0 Å². The molecule has 0 fully saturated rings. The van der Waals surface area contributed by atoms with Crippen LogP contribution in [-0.2, 0) is 6.42 Å². The summed E-state index contributed by atoms with van der Waals surface area (Å²) in [5.74, 6) is 0.257. The molecule has 0 bridgehead atoms. The molecule has 1 aromatic carbocycles. The topological polar surface area (TPSA) is 33.1 Å². The van der Waals surface area contributed by atoms with Crippen LogP contribution in [0.25, 0.3) is 10.2 Å². The van der Waals surface area contributed by atoms with E-state index in [-0.39, 0.29) is 5.75 Å². The lowest BCUT2D eigenvalue weighted by atomic mass is 10.3. The largest absolute Gasteiger partial charge is 0.506 e. The minimum Gasteiger partial charge on any atom is -0.506 e. The second kappa shape index (κ2) is 3.87. The van der Waals surface area contributed by atoms with Crippen LogP contribution >= 0.6 is 27.3 Å². The van der Waals surface area contributed by atoms with Crippen LogP contribution in [0.3, 0.4) is 0 Å². The van der Waals surface area contributed by atoms with Gasteiger partial charge in [-0.15, -0.1) is 11.3 Å². The summed E-state index contributed by atoms with van der Waals surface area (Å²) in [6.07, 6.45) is 2.07. The number of rotatable bonds is 2. The number of halogens is 1. The molecule has 1 N–H and O–H groups in total. The summed E-state index contributed by atoms with van der Waals surface area (Å²) in [5, 5.41) is 10.7. The Morgan fingerprint density at radius 1 is 1.50 bits per heavy atom. The Hall–Kier alpha value is -0.610. The average Bonchev–Trinajstić information content (AvgIpc) is 2.48. The minimum atomic E-state index is 0.257. The number of aromatic hydroxyl groups is 1. The van der Waals surface area contributed by atoms with Gasteiger partial charge in [0.25, 0.3) is 0 Å². The normalized spacial score (nSPS) is 11.0. The molecule has 0 saturated heterocycles. The van der Waals surface area contributed by atoms with Crippen LogP contribution in [0.5, 0.6) is 5.75 Å². The maximum Gasteiger partial charge on any atom is 0.143 e. The van der Waals surface area contributed by atoms with Gasteiger partial charge in [0, 0.05) is 4.47 Å². The van der Waals surface area contributed by atoms with E-state index < -0.39 is 0 Å². The zero-order valence-corrected chi connectivity index (χ0v) is 10.2. The van der Waals surface area contributed by atoms with Crippen LogP contribution in [-0.4, -0.2) is 10.1 Å². The number of phenols is 1. The number of fused-ring (bicyclic) bond motifs is 1. The molecule has 0 unspecified atom stereocenters. The molecule has 0 aliphatic rings. The van der Waals surface area contributed by atoms with Crippen molar-refractivity contribution in [1.29, 1.82) is 0 Å². The number of aryl methyl sites for hydroxylation is 1. The monoisotopic (exact) mass is 271 g/mol. The van der Waals surface area contributed by atoms with E-state index in [0.717, 1.165) is 32.5 Å². The molecule has 2 aromatic rings. The van der Waals surface area contributed by atoms with Crippen molar-refractivity contribution in [2.45, 2.75) is 19.8 Å². The molecule has 2 nitrogen and oxygen atoms in total. The van der Waals surface area contributed by atoms with Gasteiger partial charge < -0.3 is 5.11 Å². The van der Waals surface area contributed by atoms with Gasteiger partial charge in [0.05, 0.1) is 9.71 Å². The molecule has 0 radical (unpaired) electrons. The van der Waals surface area contributed by atoms with Gasteiger partial charge in [-0.3, -0.25) is 0 Å². The van der Waals surface area contributed by atoms with Crippen LogP contribution in [0.1, 0.15) is 18.4 Å². The van der Waals surface area contributed by atoms with Gasteiger partial charge in [0.2, 0.25) is 0 Å². The third-order valence-electron chi connectivity index (χ3n) is 1.95. The van der Waals surface area contributed by atoms with Gasteiger partial charge in [-0.05, 0) is 25.0 Å². The first-order valence-electron chi connectivity index (χ1n) is 4.48. The van der Waals surface area contributed by atoms with Gasteiger partial charge in [-0.25, -0.2) is 4.98 Å². The van der Waals surface area contributed by atoms with Crippen LogP contribution < -0.4 is 0 Å². The molecule has 1 heterocycles. The summed E-state index contributed by atoms with van der Waals surface area (Å²) < 4.78 is 1.94. The van der Waals surface area contributed by atoms with Crippen LogP contribution in [0, 0.1) is 0 Å². The van der Waals surface area contributed by atoms with E-state index in [0.29, 0.717) is 0 Å². The van der Waals surface area contributed by atoms with Gasteiger partial charge in [-0.1, -0.05) is 22.9 Å². The summed E-state index contributed by atoms with van der Waals surface area (Å²) in [4.78, 5) is 4.39. The van der Waals surface area contributed by atoms with Crippen molar-refractivity contribution in [3.63, 3.8) is 0 Å². The Balaban J connectivity index is 2.58. The van der Waals surface area contributed by atoms with E-state index in [1.165, 1.54) is 0 Å². The third-order valence-corrected chi connectivity index (χ3v) is 3.47. The Morgan fingerprint density at radius 2 is 2.29 bits per heavy atom. The molecule has 4 heteroatoms. The quantitative estimate of drug-likeness (QED) is 0.903. The molecular formula is C10H10BrNOS. The van der Waals surface area contributed by atoms with Gasteiger partial charge in [0.15, 0.2) is 0 Å². The zero-order chi connectivity index (χ0) is 10.1. The Bertz CT molecular complexity index is 466. The molecule has 14 heavy (non-hydrogen) atoms. The maximum absolute atomic E-state index is 9.65. The number of thiazole rings is 1. The maximum atomic E-state index is 9.65. The molecule has 0 aliphatic heterocycles. The highest BCUT2D eigenvalue weighted by atomic mass is 79.9. The van der Waals surface area contributed by atoms with E-state index >= 15 is 0 Å². The van der Waals surface area contributed by atoms with Crippen molar-refractivity contribution in [1.82, 2.24) is 4.98 Å². The van der Waals surface area contributed by atoms with E-state index in [1.54, 1.807) is 17.4 Å². The van der Waals surface area contributed by atoms with Crippen LogP contribution in [0.15, 0.2) is 16.6 Å². The number of benzene rings is 1. The molecule has 2 rings (SSSR count). The predicted octanol–water partition coefficient (Wildman–Crippen LogP) is 3.72. The number of hydrogen-bond donors (Lipinski definition) is 1. The first-order valence-corrected chi connectivity index (χ1v) is 6.09. The lowest BCUT2D eigenvalue weighted by Gasteiger charge is -1.93. The zero-order valence-electron chi connectivity index (χ0n) is 7.75. The van der Waals surface area contributed by atoms with E-state index in [9.17, 15) is 5.11 Å². The van der Waals surface area contributed by atoms with Gasteiger partial charge in [-0.2, -0.15) is 0 Å². The molecule has 0 amide bonds. The first-order chi connectivity index (χ1) is 6.70. The molecule has 74 valence electrons. The van der Waals surface area contributed by atoms with E-state index in [1.807, 2.05) is 6.07 Å². The number of aromatic nitrogens is 1. The van der Waals surface area contributed by atoms with Crippen LogP contribution in [0.4, 0.5) is 0 Å². The van der Waals surface area contributed by atoms with Crippen molar-refractivity contribution >= 4 is 37.5 Å². The van der Waals surface area contributed by atoms with E-state index in [2.05, 4.69) is 27.8 Å². The lowest BCUT2D eigenvalue weighted by molar-refractivity contribution is 0.480. The summed E-state index contributed by atoms with van der Waals surface area (Å²) in [6, 6.07) is 3.67. The fourth-order valence-electron chi connectivity index (χ4n) is 1.35. The highest BCUT2D eigenvalue weighted by Gasteiger charge is 2.08. The highest BCUT2D eigenvalue weighted by Crippen LogP contribution is 2.32. The second-order valence-electron chi connectivity index (χ2n) is 3.13. The number of hydrogen-bond acceptors (Lipinski definition) is 3. The van der Waals surface area contributed by atoms with Crippen molar-refractivity contribution in [2.24, 2.45) is 0 Å². The Morgan fingerprint density at radius 3 is 3.00 bits per heavy atom. The summed E-state index contributed by atoms with van der Waals surface area (Å²) >= 11 is 5.00. The summed E-state index contributed by atoms with van der Waals surface area (Å²) in [7, 11) is 0. The van der Waals surface area contributed by atoms with Gasteiger partial charge in [0.1, 0.15) is 11.3 Å². The van der Waals surface area contributed by atoms with Crippen LogP contribution in [0.2, 0.25) is 0 Å². The van der Waals surface area contributed by atoms with Crippen molar-refractivity contribution in [3.8, 4) is 5.75 Å². The molecule has 0 saturated carbocycles. The highest BCUT2D eigenvalue weighted by molar-refractivity contribution is 9.10. The molecular weight excluding hydrogens is 262 g/mol. The fourth-order valence-corrected chi connectivity index (χ4v) is 3.07. The molecule has 0 spiro atoms. The smallest absolute Gasteiger partial charge is 0.143 e. The fraction of sp³-hybridized carbons (Fsp3) is 0.300. The average molecular weight is 272 g/mol. The molecule has 1 aromatic heterocycles. The first kappa shape index (κ1) is 9.93. The standard InChI is InChI=1S/C10H10BrNOS/c1-2-3-9-12-10-7(13)4-6(11)5-8(10)14-9/h4-5,13H,2-3H2,1H3. The summed E-state index contributed by atoms with van der Waals surface area (Å²) in [6.45, 7) is 2.13. The minimum absolute atomic E-state index is 0.257. The Labute approximate surface area is 94.7 Å². The SMILES string of the molecule is CCCc1nc2c(O)cc(Br)cc2s1. The van der Waals surface area contributed by atoms with Crippen molar-refractivity contribution in [2.75, 3.05) is 0 Å². The van der Waals surface area contributed by atoms with Crippen molar-refractivity contribution in [3.05, 3.63) is 21.6 Å². The Kier molecular flexibility index (Phi) is 2.74. The third kappa shape index (κ3) is 1.77. The lowest BCUT2D eigenvalue weighted by Crippen LogP contribution is -1.79. The second-order valence-corrected chi connectivity index (χ2v) is 5.16. The predicted molar refractivity (Wildman–Crippen MR) is 63.0 cm³/mol. The molecule has 0 aliphatic carbocycles.